The van der Waals surface area contributed by atoms with Gasteiger partial charge >= 0.3 is 0 Å². The molecule has 4 rings (SSSR count). The van der Waals surface area contributed by atoms with Crippen molar-refractivity contribution in [1.29, 1.82) is 0 Å². The number of rotatable bonds is 6. The minimum atomic E-state index is -0.106. The lowest BCUT2D eigenvalue weighted by Crippen LogP contribution is -2.36. The average Bonchev–Trinajstić information content (AvgIpc) is 3.38. The minimum absolute atomic E-state index is 0.106. The number of carbonyl (C=O) groups excluding carboxylic acids is 1. The van der Waals surface area contributed by atoms with E-state index in [1.54, 1.807) is 7.11 Å². The van der Waals surface area contributed by atoms with Gasteiger partial charge in [-0.2, -0.15) is 0 Å². The molecular formula is C22H24ClN3O2. The van der Waals surface area contributed by atoms with Gasteiger partial charge in [0, 0.05) is 22.5 Å². The monoisotopic (exact) mass is 397 g/mol. The van der Waals surface area contributed by atoms with E-state index in [0.29, 0.717) is 17.3 Å². The van der Waals surface area contributed by atoms with Crippen LogP contribution >= 0.6 is 11.6 Å². The lowest BCUT2D eigenvalue weighted by molar-refractivity contribution is 0.0933. The summed E-state index contributed by atoms with van der Waals surface area (Å²) in [5, 5.41) is 4.70. The Balaban J connectivity index is 1.50. The Hall–Kier alpha value is -2.50. The second kappa shape index (κ2) is 8.25. The summed E-state index contributed by atoms with van der Waals surface area (Å²) in [5.41, 5.74) is 2.64. The standard InChI is InChI=1S/C22H24ClN3O2/c1-28-18-7-4-15(5-8-18)21(26-10-2-3-11-26)14-24-22(27)20-13-16-12-17(23)6-9-19(16)25-20/h4-9,12-13,21,25H,2-3,10-11,14H2,1H3,(H,24,27). The summed E-state index contributed by atoms with van der Waals surface area (Å²) < 4.78 is 5.27. The van der Waals surface area contributed by atoms with Gasteiger partial charge in [0.1, 0.15) is 11.4 Å². The molecule has 0 bridgehead atoms. The van der Waals surface area contributed by atoms with Crippen molar-refractivity contribution in [3.63, 3.8) is 0 Å². The number of hydrogen-bond donors (Lipinski definition) is 2. The van der Waals surface area contributed by atoms with Gasteiger partial charge in [-0.1, -0.05) is 23.7 Å². The largest absolute Gasteiger partial charge is 0.497 e. The van der Waals surface area contributed by atoms with E-state index in [-0.39, 0.29) is 11.9 Å². The molecule has 0 spiro atoms. The quantitative estimate of drug-likeness (QED) is 0.648. The van der Waals surface area contributed by atoms with Crippen LogP contribution in [0.4, 0.5) is 0 Å². The molecule has 28 heavy (non-hydrogen) atoms. The lowest BCUT2D eigenvalue weighted by atomic mass is 10.1. The Morgan fingerprint density at radius 3 is 2.64 bits per heavy atom. The number of benzene rings is 2. The summed E-state index contributed by atoms with van der Waals surface area (Å²) >= 11 is 6.04. The summed E-state index contributed by atoms with van der Waals surface area (Å²) in [7, 11) is 1.67. The molecule has 1 unspecified atom stereocenters. The molecule has 0 saturated carbocycles. The Bertz CT molecular complexity index is 962. The van der Waals surface area contributed by atoms with Crippen LogP contribution in [0.2, 0.25) is 5.02 Å². The molecule has 1 saturated heterocycles. The number of fused-ring (bicyclic) bond motifs is 1. The maximum Gasteiger partial charge on any atom is 0.267 e. The molecule has 1 amide bonds. The third kappa shape index (κ3) is 4.01. The van der Waals surface area contributed by atoms with Crippen LogP contribution in [0.1, 0.15) is 34.9 Å². The highest BCUT2D eigenvalue weighted by Gasteiger charge is 2.24. The number of aromatic amines is 1. The molecule has 1 aliphatic rings. The number of H-pyrrole nitrogens is 1. The summed E-state index contributed by atoms with van der Waals surface area (Å²) in [6.07, 6.45) is 2.40. The Morgan fingerprint density at radius 2 is 1.93 bits per heavy atom. The van der Waals surface area contributed by atoms with E-state index in [1.807, 2.05) is 36.4 Å². The second-order valence-corrected chi connectivity index (χ2v) is 7.59. The first-order valence-electron chi connectivity index (χ1n) is 9.58. The molecule has 146 valence electrons. The van der Waals surface area contributed by atoms with Gasteiger partial charge in [0.05, 0.1) is 13.2 Å². The van der Waals surface area contributed by atoms with Crippen molar-refractivity contribution in [2.45, 2.75) is 18.9 Å². The van der Waals surface area contributed by atoms with Gasteiger partial charge in [-0.05, 0) is 67.9 Å². The average molecular weight is 398 g/mol. The van der Waals surface area contributed by atoms with Crippen LogP contribution < -0.4 is 10.1 Å². The first-order valence-corrected chi connectivity index (χ1v) is 9.96. The molecule has 3 aromatic rings. The fraction of sp³-hybridized carbons (Fsp3) is 0.318. The van der Waals surface area contributed by atoms with Crippen molar-refractivity contribution in [3.05, 3.63) is 64.8 Å². The predicted molar refractivity (Wildman–Crippen MR) is 112 cm³/mol. The number of likely N-dealkylation sites (tertiary alicyclic amines) is 1. The van der Waals surface area contributed by atoms with Crippen LogP contribution in [0.5, 0.6) is 5.75 Å². The molecule has 1 fully saturated rings. The molecule has 2 N–H and O–H groups in total. The van der Waals surface area contributed by atoms with Gasteiger partial charge in [-0.25, -0.2) is 0 Å². The van der Waals surface area contributed by atoms with Crippen molar-refractivity contribution in [2.24, 2.45) is 0 Å². The number of nitrogens with zero attached hydrogens (tertiary/aromatic N) is 1. The van der Waals surface area contributed by atoms with Gasteiger partial charge in [-0.3, -0.25) is 9.69 Å². The zero-order valence-corrected chi connectivity index (χ0v) is 16.6. The van der Waals surface area contributed by atoms with Crippen molar-refractivity contribution in [3.8, 4) is 5.75 Å². The number of nitrogens with one attached hydrogen (secondary N) is 2. The number of amides is 1. The van der Waals surface area contributed by atoms with Crippen LogP contribution in [0.15, 0.2) is 48.5 Å². The fourth-order valence-corrected chi connectivity index (χ4v) is 4.03. The van der Waals surface area contributed by atoms with Crippen molar-refractivity contribution in [2.75, 3.05) is 26.7 Å². The van der Waals surface area contributed by atoms with Crippen LogP contribution in [-0.4, -0.2) is 42.5 Å². The summed E-state index contributed by atoms with van der Waals surface area (Å²) in [5.74, 6) is 0.731. The number of halogens is 1. The van der Waals surface area contributed by atoms with Gasteiger partial charge in [0.15, 0.2) is 0 Å². The highest BCUT2D eigenvalue weighted by atomic mass is 35.5. The van der Waals surface area contributed by atoms with Gasteiger partial charge in [-0.15, -0.1) is 0 Å². The smallest absolute Gasteiger partial charge is 0.267 e. The maximum atomic E-state index is 12.7. The fourth-order valence-electron chi connectivity index (χ4n) is 3.85. The maximum absolute atomic E-state index is 12.7. The highest BCUT2D eigenvalue weighted by Crippen LogP contribution is 2.26. The molecular weight excluding hydrogens is 374 g/mol. The van der Waals surface area contributed by atoms with E-state index < -0.39 is 0 Å². The van der Waals surface area contributed by atoms with Crippen LogP contribution in [0, 0.1) is 0 Å². The predicted octanol–water partition coefficient (Wildman–Crippen LogP) is 4.40. The second-order valence-electron chi connectivity index (χ2n) is 7.16. The SMILES string of the molecule is COc1ccc(C(CNC(=O)c2cc3cc(Cl)ccc3[nH]2)N2CCCC2)cc1. The Labute approximate surface area is 169 Å². The van der Waals surface area contributed by atoms with Gasteiger partial charge in [0.25, 0.3) is 5.91 Å². The molecule has 1 atom stereocenters. The zero-order valence-electron chi connectivity index (χ0n) is 15.9. The van der Waals surface area contributed by atoms with E-state index in [2.05, 4.69) is 27.3 Å². The third-order valence-corrected chi connectivity index (χ3v) is 5.60. The molecule has 0 aliphatic carbocycles. The van der Waals surface area contributed by atoms with E-state index in [9.17, 15) is 4.79 Å². The van der Waals surface area contributed by atoms with E-state index in [0.717, 1.165) is 29.7 Å². The number of carbonyl (C=O) groups is 1. The van der Waals surface area contributed by atoms with Crippen LogP contribution in [-0.2, 0) is 0 Å². The molecule has 0 radical (unpaired) electrons. The Kier molecular flexibility index (Phi) is 5.55. The van der Waals surface area contributed by atoms with Gasteiger partial charge in [0.2, 0.25) is 0 Å². The highest BCUT2D eigenvalue weighted by molar-refractivity contribution is 6.31. The zero-order chi connectivity index (χ0) is 19.5. The molecule has 2 aromatic carbocycles. The van der Waals surface area contributed by atoms with E-state index >= 15 is 0 Å². The molecule has 2 heterocycles. The van der Waals surface area contributed by atoms with E-state index in [1.165, 1.54) is 18.4 Å². The normalized spacial score (nSPS) is 15.6. The van der Waals surface area contributed by atoms with Crippen molar-refractivity contribution < 1.29 is 9.53 Å². The summed E-state index contributed by atoms with van der Waals surface area (Å²) in [6.45, 7) is 2.66. The topological polar surface area (TPSA) is 57.4 Å². The number of aromatic nitrogens is 1. The van der Waals surface area contributed by atoms with Crippen molar-refractivity contribution >= 4 is 28.4 Å². The molecule has 1 aliphatic heterocycles. The minimum Gasteiger partial charge on any atom is -0.497 e. The summed E-state index contributed by atoms with van der Waals surface area (Å²) in [6, 6.07) is 15.7. The first-order chi connectivity index (χ1) is 13.6. The van der Waals surface area contributed by atoms with Crippen LogP contribution in [0.3, 0.4) is 0 Å². The number of ether oxygens (including phenoxy) is 1. The first kappa shape index (κ1) is 18.8. The third-order valence-electron chi connectivity index (χ3n) is 5.37. The Morgan fingerprint density at radius 1 is 1.18 bits per heavy atom. The molecule has 6 heteroatoms. The lowest BCUT2D eigenvalue weighted by Gasteiger charge is -2.28. The number of methoxy groups -OCH3 is 1. The summed E-state index contributed by atoms with van der Waals surface area (Å²) in [4.78, 5) is 18.3. The van der Waals surface area contributed by atoms with Crippen molar-refractivity contribution in [1.82, 2.24) is 15.2 Å². The van der Waals surface area contributed by atoms with Gasteiger partial charge < -0.3 is 15.0 Å². The van der Waals surface area contributed by atoms with Crippen LogP contribution in [0.25, 0.3) is 10.9 Å². The van der Waals surface area contributed by atoms with E-state index in [4.69, 9.17) is 16.3 Å². The number of hydrogen-bond acceptors (Lipinski definition) is 3. The molecule has 1 aromatic heterocycles. The molecule has 5 nitrogen and oxygen atoms in total.